The maximum Gasteiger partial charge on any atom is 0.419 e. The number of likely N-dealkylation sites (tertiary alicyclic amines) is 1. The molecule has 34 heavy (non-hydrogen) atoms. The molecule has 2 heterocycles. The molecule has 1 saturated heterocycles. The van der Waals surface area contributed by atoms with Gasteiger partial charge in [0.15, 0.2) is 0 Å². The second-order valence-corrected chi connectivity index (χ2v) is 7.94. The number of alkyl halides is 3. The Labute approximate surface area is 194 Å². The predicted octanol–water partition coefficient (Wildman–Crippen LogP) is 3.69. The van der Waals surface area contributed by atoms with Crippen molar-refractivity contribution < 1.29 is 27.2 Å². The highest BCUT2D eigenvalue weighted by Crippen LogP contribution is 2.39. The highest BCUT2D eigenvalue weighted by atomic mass is 19.4. The number of nitrogens with zero attached hydrogens (tertiary/aromatic N) is 3. The van der Waals surface area contributed by atoms with Crippen LogP contribution in [0.2, 0.25) is 0 Å². The Morgan fingerprint density at radius 2 is 1.91 bits per heavy atom. The molecule has 0 saturated carbocycles. The van der Waals surface area contributed by atoms with E-state index in [0.717, 1.165) is 24.5 Å². The summed E-state index contributed by atoms with van der Waals surface area (Å²) in [5, 5.41) is 3.87. The molecule has 0 amide bonds. The third kappa shape index (κ3) is 5.73. The second-order valence-electron chi connectivity index (χ2n) is 7.94. The molecule has 0 radical (unpaired) electrons. The lowest BCUT2D eigenvalue weighted by Gasteiger charge is -2.24. The van der Waals surface area contributed by atoms with E-state index >= 15 is 0 Å². The molecule has 8 nitrogen and oxygen atoms in total. The van der Waals surface area contributed by atoms with Gasteiger partial charge in [-0.2, -0.15) is 18.2 Å². The van der Waals surface area contributed by atoms with Gasteiger partial charge in [-0.3, -0.25) is 4.90 Å². The van der Waals surface area contributed by atoms with Crippen molar-refractivity contribution in [3.8, 4) is 17.1 Å². The molecule has 0 bridgehead atoms. The number of rotatable bonds is 9. The molecule has 182 valence electrons. The summed E-state index contributed by atoms with van der Waals surface area (Å²) in [4.78, 5) is 6.12. The van der Waals surface area contributed by atoms with E-state index in [-0.39, 0.29) is 42.3 Å². The Morgan fingerprint density at radius 1 is 1.12 bits per heavy atom. The lowest BCUT2D eigenvalue weighted by atomic mass is 10.1. The summed E-state index contributed by atoms with van der Waals surface area (Å²) in [5.41, 5.74) is 11.8. The lowest BCUT2D eigenvalue weighted by Crippen LogP contribution is -2.48. The molecule has 4 N–H and O–H groups in total. The number of hydrogen-bond donors (Lipinski definition) is 2. The first kappa shape index (κ1) is 24.1. The zero-order chi connectivity index (χ0) is 24.1. The highest BCUT2D eigenvalue weighted by Gasteiger charge is 2.36. The standard InChI is InChI=1S/C23H26F3N5O3/c24-23(25,26)17-13-16(20-29-21(34-30-20)18-7-4-10-31(18)22(27)28)8-9-19(17)33-12-11-32-14-15-5-2-1-3-6-15/h1-3,5-6,8-9,13,18,22H,4,7,10-12,14,27-28H2/t18-/m0/s1. The van der Waals surface area contributed by atoms with Crippen LogP contribution < -0.4 is 16.2 Å². The van der Waals surface area contributed by atoms with E-state index in [1.54, 1.807) is 0 Å². The van der Waals surface area contributed by atoms with Crippen molar-refractivity contribution in [1.29, 1.82) is 0 Å². The summed E-state index contributed by atoms with van der Waals surface area (Å²) in [6.07, 6.45) is -3.74. The summed E-state index contributed by atoms with van der Waals surface area (Å²) >= 11 is 0. The van der Waals surface area contributed by atoms with Crippen LogP contribution in [0.4, 0.5) is 13.2 Å². The Hall–Kier alpha value is -2.99. The van der Waals surface area contributed by atoms with Gasteiger partial charge >= 0.3 is 6.18 Å². The normalized spacial score (nSPS) is 16.9. The average molecular weight is 477 g/mol. The SMILES string of the molecule is NC(N)N1CCC[C@H]1c1nc(-c2ccc(OCCOCc3ccccc3)c(C(F)(F)F)c2)no1. The van der Waals surface area contributed by atoms with Gasteiger partial charge in [-0.15, -0.1) is 0 Å². The van der Waals surface area contributed by atoms with Crippen LogP contribution in [0.15, 0.2) is 53.1 Å². The Bertz CT molecular complexity index is 1080. The van der Waals surface area contributed by atoms with E-state index < -0.39 is 18.0 Å². The molecule has 1 aromatic heterocycles. The zero-order valence-corrected chi connectivity index (χ0v) is 18.4. The molecule has 1 atom stereocenters. The van der Waals surface area contributed by atoms with Crippen LogP contribution in [-0.2, 0) is 17.5 Å². The van der Waals surface area contributed by atoms with Crippen molar-refractivity contribution in [3.05, 3.63) is 65.5 Å². The van der Waals surface area contributed by atoms with Gasteiger partial charge in [0.25, 0.3) is 0 Å². The summed E-state index contributed by atoms with van der Waals surface area (Å²) in [7, 11) is 0. The fourth-order valence-corrected chi connectivity index (χ4v) is 3.89. The molecule has 0 aliphatic carbocycles. The van der Waals surface area contributed by atoms with Crippen molar-refractivity contribution in [1.82, 2.24) is 15.0 Å². The van der Waals surface area contributed by atoms with E-state index in [2.05, 4.69) is 10.1 Å². The molecule has 4 rings (SSSR count). The summed E-state index contributed by atoms with van der Waals surface area (Å²) in [6.45, 7) is 1.14. The van der Waals surface area contributed by atoms with Gasteiger partial charge in [0.2, 0.25) is 11.7 Å². The number of hydrogen-bond acceptors (Lipinski definition) is 8. The molecular formula is C23H26F3N5O3. The van der Waals surface area contributed by atoms with Gasteiger partial charge in [-0.05, 0) is 36.6 Å². The maximum atomic E-state index is 13.7. The fourth-order valence-electron chi connectivity index (χ4n) is 3.89. The third-order valence-corrected chi connectivity index (χ3v) is 5.54. The summed E-state index contributed by atoms with van der Waals surface area (Å²) in [5.74, 6) is 0.0351. The number of halogens is 3. The van der Waals surface area contributed by atoms with Crippen LogP contribution in [0.25, 0.3) is 11.4 Å². The fraction of sp³-hybridized carbons (Fsp3) is 0.391. The minimum atomic E-state index is -4.63. The Balaban J connectivity index is 1.43. The van der Waals surface area contributed by atoms with Crippen LogP contribution in [0, 0.1) is 0 Å². The van der Waals surface area contributed by atoms with Crippen molar-refractivity contribution in [2.45, 2.75) is 38.0 Å². The van der Waals surface area contributed by atoms with Crippen LogP contribution >= 0.6 is 0 Å². The first-order chi connectivity index (χ1) is 16.3. The van der Waals surface area contributed by atoms with Crippen LogP contribution in [0.5, 0.6) is 5.75 Å². The van der Waals surface area contributed by atoms with Crippen LogP contribution in [0.1, 0.15) is 35.9 Å². The minimum absolute atomic E-state index is 0.0293. The molecule has 1 fully saturated rings. The summed E-state index contributed by atoms with van der Waals surface area (Å²) < 4.78 is 57.3. The largest absolute Gasteiger partial charge is 0.491 e. The van der Waals surface area contributed by atoms with Gasteiger partial charge in [-0.25, -0.2) is 0 Å². The Morgan fingerprint density at radius 3 is 2.65 bits per heavy atom. The first-order valence-electron chi connectivity index (χ1n) is 10.9. The quantitative estimate of drug-likeness (QED) is 0.355. The van der Waals surface area contributed by atoms with Gasteiger partial charge in [0.05, 0.1) is 24.8 Å². The zero-order valence-electron chi connectivity index (χ0n) is 18.4. The van der Waals surface area contributed by atoms with Crippen molar-refractivity contribution in [2.75, 3.05) is 19.8 Å². The highest BCUT2D eigenvalue weighted by molar-refractivity contribution is 5.59. The van der Waals surface area contributed by atoms with Gasteiger partial charge in [0.1, 0.15) is 18.6 Å². The van der Waals surface area contributed by atoms with Gasteiger partial charge in [0, 0.05) is 12.1 Å². The monoisotopic (exact) mass is 477 g/mol. The minimum Gasteiger partial charge on any atom is -0.491 e. The van der Waals surface area contributed by atoms with E-state index in [4.69, 9.17) is 25.5 Å². The molecule has 1 aliphatic heterocycles. The average Bonchev–Trinajstić information content (AvgIpc) is 3.49. The number of ether oxygens (including phenoxy) is 2. The Kier molecular flexibility index (Phi) is 7.47. The predicted molar refractivity (Wildman–Crippen MR) is 117 cm³/mol. The molecule has 0 unspecified atom stereocenters. The van der Waals surface area contributed by atoms with Crippen molar-refractivity contribution >= 4 is 0 Å². The van der Waals surface area contributed by atoms with E-state index in [1.165, 1.54) is 12.1 Å². The van der Waals surface area contributed by atoms with E-state index in [1.807, 2.05) is 35.2 Å². The second kappa shape index (κ2) is 10.5. The van der Waals surface area contributed by atoms with Crippen molar-refractivity contribution in [3.63, 3.8) is 0 Å². The van der Waals surface area contributed by atoms with Crippen molar-refractivity contribution in [2.24, 2.45) is 11.5 Å². The molecular weight excluding hydrogens is 451 g/mol. The van der Waals surface area contributed by atoms with Gasteiger partial charge in [-0.1, -0.05) is 35.5 Å². The molecule has 3 aromatic rings. The van der Waals surface area contributed by atoms with Crippen LogP contribution in [0.3, 0.4) is 0 Å². The van der Waals surface area contributed by atoms with Gasteiger partial charge < -0.3 is 25.5 Å². The number of aromatic nitrogens is 2. The third-order valence-electron chi connectivity index (χ3n) is 5.54. The van der Waals surface area contributed by atoms with E-state index in [0.29, 0.717) is 13.2 Å². The van der Waals surface area contributed by atoms with Crippen LogP contribution in [-0.4, -0.2) is 41.1 Å². The van der Waals surface area contributed by atoms with E-state index in [9.17, 15) is 13.2 Å². The topological polar surface area (TPSA) is 113 Å². The lowest BCUT2D eigenvalue weighted by molar-refractivity contribution is -0.139. The molecule has 2 aromatic carbocycles. The number of nitrogens with two attached hydrogens (primary N) is 2. The molecule has 11 heteroatoms. The smallest absolute Gasteiger partial charge is 0.419 e. The number of benzene rings is 2. The molecule has 1 aliphatic rings. The molecule has 0 spiro atoms. The summed E-state index contributed by atoms with van der Waals surface area (Å²) in [6, 6.07) is 12.9. The maximum absolute atomic E-state index is 13.7. The first-order valence-corrected chi connectivity index (χ1v) is 10.9.